The van der Waals surface area contributed by atoms with Gasteiger partial charge < -0.3 is 21.1 Å². The lowest BCUT2D eigenvalue weighted by Crippen LogP contribution is -2.48. The van der Waals surface area contributed by atoms with E-state index in [0.717, 1.165) is 29.3 Å². The van der Waals surface area contributed by atoms with Crippen molar-refractivity contribution in [3.8, 4) is 0 Å². The average Bonchev–Trinajstić information content (AvgIpc) is 3.39. The fourth-order valence-corrected chi connectivity index (χ4v) is 6.68. The first kappa shape index (κ1) is 37.0. The zero-order valence-electron chi connectivity index (χ0n) is 27.3. The summed E-state index contributed by atoms with van der Waals surface area (Å²) in [5.74, 6) is -2.25. The molecule has 3 atom stereocenters. The lowest BCUT2D eigenvalue weighted by Gasteiger charge is -2.25. The van der Waals surface area contributed by atoms with E-state index in [4.69, 9.17) is 0 Å². The number of aliphatic hydroxyl groups is 1. The maximum absolute atomic E-state index is 13.9. The van der Waals surface area contributed by atoms with Crippen molar-refractivity contribution in [3.05, 3.63) is 148 Å². The van der Waals surface area contributed by atoms with Crippen molar-refractivity contribution in [1.82, 2.24) is 20.7 Å². The summed E-state index contributed by atoms with van der Waals surface area (Å²) in [6, 6.07) is 25.2. The van der Waals surface area contributed by atoms with Gasteiger partial charge in [-0.25, -0.2) is 13.1 Å². The van der Waals surface area contributed by atoms with Crippen molar-refractivity contribution >= 4 is 32.6 Å². The highest BCUT2D eigenvalue weighted by Gasteiger charge is 2.32. The zero-order chi connectivity index (χ0) is 36.8. The molecule has 0 aliphatic carbocycles. The first-order valence-electron chi connectivity index (χ1n) is 15.9. The van der Waals surface area contributed by atoms with E-state index in [0.29, 0.717) is 5.56 Å². The van der Waals surface area contributed by atoms with Crippen LogP contribution in [-0.4, -0.2) is 49.9 Å². The SMILES string of the molecule is C[C@@H](NC(=O)c1cc(C(=O)N[C@@H](Cc2ccccc2)[C@H](O)CNCc2cccc(C(F)(F)F)c2)cc(C2=CC(=O)NS2(=O)=O)c1)c1ccccc1. The Labute approximate surface area is 292 Å². The normalized spacial score (nSPS) is 15.6. The van der Waals surface area contributed by atoms with Crippen LogP contribution in [0.5, 0.6) is 0 Å². The van der Waals surface area contributed by atoms with Gasteiger partial charge in [-0.2, -0.15) is 13.2 Å². The van der Waals surface area contributed by atoms with Crippen LogP contribution in [0.3, 0.4) is 0 Å². The lowest BCUT2D eigenvalue weighted by atomic mass is 9.99. The predicted octanol–water partition coefficient (Wildman–Crippen LogP) is 4.49. The third-order valence-electron chi connectivity index (χ3n) is 8.19. The van der Waals surface area contributed by atoms with E-state index in [9.17, 15) is 41.1 Å². The Balaban J connectivity index is 1.40. The van der Waals surface area contributed by atoms with Gasteiger partial charge in [0.25, 0.3) is 27.7 Å². The van der Waals surface area contributed by atoms with Crippen LogP contribution in [0.1, 0.15) is 61.5 Å². The number of hydrogen-bond acceptors (Lipinski definition) is 7. The molecule has 0 bridgehead atoms. The summed E-state index contributed by atoms with van der Waals surface area (Å²) in [5, 5.41) is 19.8. The van der Waals surface area contributed by atoms with Crippen LogP contribution in [0.15, 0.2) is 109 Å². The minimum absolute atomic E-state index is 0.00520. The molecule has 5 N–H and O–H groups in total. The molecule has 0 radical (unpaired) electrons. The largest absolute Gasteiger partial charge is 0.416 e. The molecule has 0 fully saturated rings. The topological polar surface area (TPSA) is 154 Å². The smallest absolute Gasteiger partial charge is 0.390 e. The van der Waals surface area contributed by atoms with Crippen LogP contribution >= 0.6 is 0 Å². The molecule has 4 aromatic rings. The summed E-state index contributed by atoms with van der Waals surface area (Å²) in [7, 11) is -4.27. The van der Waals surface area contributed by atoms with Crippen LogP contribution in [0, 0.1) is 0 Å². The van der Waals surface area contributed by atoms with E-state index in [2.05, 4.69) is 16.0 Å². The molecule has 4 aromatic carbocycles. The summed E-state index contributed by atoms with van der Waals surface area (Å²) in [6.45, 7) is 1.65. The van der Waals surface area contributed by atoms with Gasteiger partial charge in [-0.1, -0.05) is 78.9 Å². The third kappa shape index (κ3) is 9.69. The van der Waals surface area contributed by atoms with E-state index < -0.39 is 62.6 Å². The Hall–Kier alpha value is -5.31. The summed E-state index contributed by atoms with van der Waals surface area (Å²) in [5.41, 5.74) is 0.838. The minimum atomic E-state index is -4.51. The summed E-state index contributed by atoms with van der Waals surface area (Å²) >= 11 is 0. The zero-order valence-corrected chi connectivity index (χ0v) is 28.1. The summed E-state index contributed by atoms with van der Waals surface area (Å²) in [6.07, 6.45) is -4.74. The maximum atomic E-state index is 13.9. The molecule has 266 valence electrons. The molecule has 5 rings (SSSR count). The molecule has 51 heavy (non-hydrogen) atoms. The number of carbonyl (C=O) groups is 3. The predicted molar refractivity (Wildman–Crippen MR) is 184 cm³/mol. The highest BCUT2D eigenvalue weighted by atomic mass is 32.2. The second-order valence-electron chi connectivity index (χ2n) is 12.0. The standard InChI is InChI=1S/C37H35F3N4O6S/c1-23(26-12-6-3-7-13-26)42-35(47)28-17-27(33-20-34(46)44-51(33,49)50)18-29(19-28)36(48)43-31(16-24-9-4-2-5-10-24)32(45)22-41-21-25-11-8-14-30(15-25)37(38,39)40/h2-15,17-20,23,31-32,41,45H,16,21-22H2,1H3,(H,42,47)(H,43,48)(H,44,46)/t23-,31+,32-/m1/s1. The van der Waals surface area contributed by atoms with E-state index in [1.54, 1.807) is 37.3 Å². The van der Waals surface area contributed by atoms with Crippen LogP contribution in [0.25, 0.3) is 4.91 Å². The van der Waals surface area contributed by atoms with Gasteiger partial charge >= 0.3 is 6.18 Å². The maximum Gasteiger partial charge on any atom is 0.416 e. The van der Waals surface area contributed by atoms with Gasteiger partial charge in [-0.15, -0.1) is 0 Å². The first-order valence-corrected chi connectivity index (χ1v) is 17.4. The molecule has 0 saturated carbocycles. The Morgan fingerprint density at radius 2 is 1.43 bits per heavy atom. The number of carbonyl (C=O) groups excluding carboxylic acids is 3. The molecule has 1 aliphatic heterocycles. The lowest BCUT2D eigenvalue weighted by molar-refractivity contribution is -0.137. The average molecular weight is 721 g/mol. The highest BCUT2D eigenvalue weighted by molar-refractivity contribution is 7.99. The van der Waals surface area contributed by atoms with Gasteiger partial charge in [0, 0.05) is 30.3 Å². The van der Waals surface area contributed by atoms with Crippen molar-refractivity contribution in [2.75, 3.05) is 6.54 Å². The number of alkyl halides is 3. The monoisotopic (exact) mass is 720 g/mol. The van der Waals surface area contributed by atoms with E-state index >= 15 is 0 Å². The minimum Gasteiger partial charge on any atom is -0.390 e. The number of benzene rings is 4. The molecule has 1 aliphatic rings. The number of nitrogens with one attached hydrogen (secondary N) is 4. The Bertz CT molecular complexity index is 2040. The van der Waals surface area contributed by atoms with Crippen molar-refractivity contribution < 1.29 is 41.1 Å². The quantitative estimate of drug-likeness (QED) is 0.137. The van der Waals surface area contributed by atoms with E-state index in [1.807, 2.05) is 35.1 Å². The van der Waals surface area contributed by atoms with Gasteiger partial charge in [-0.05, 0) is 59.9 Å². The van der Waals surface area contributed by atoms with Crippen molar-refractivity contribution in [2.45, 2.75) is 44.3 Å². The molecule has 0 saturated heterocycles. The molecule has 10 nitrogen and oxygen atoms in total. The Kier molecular flexibility index (Phi) is 11.4. The molecule has 0 spiro atoms. The van der Waals surface area contributed by atoms with Gasteiger partial charge in [0.05, 0.1) is 23.8 Å². The molecular formula is C37H35F3N4O6S. The van der Waals surface area contributed by atoms with Crippen molar-refractivity contribution in [2.24, 2.45) is 0 Å². The van der Waals surface area contributed by atoms with Crippen molar-refractivity contribution in [3.63, 3.8) is 0 Å². The van der Waals surface area contributed by atoms with Gasteiger partial charge in [-0.3, -0.25) is 14.4 Å². The number of aliphatic hydroxyl groups excluding tert-OH is 1. The molecule has 0 aromatic heterocycles. The third-order valence-corrected chi connectivity index (χ3v) is 9.59. The van der Waals surface area contributed by atoms with Gasteiger partial charge in [0.2, 0.25) is 0 Å². The second-order valence-corrected chi connectivity index (χ2v) is 13.7. The van der Waals surface area contributed by atoms with Crippen LogP contribution in [-0.2, 0) is 34.0 Å². The molecule has 14 heteroatoms. The number of hydrogen-bond donors (Lipinski definition) is 5. The van der Waals surface area contributed by atoms with E-state index in [1.165, 1.54) is 30.3 Å². The van der Waals surface area contributed by atoms with Crippen LogP contribution < -0.4 is 20.7 Å². The van der Waals surface area contributed by atoms with Gasteiger partial charge in [0.1, 0.15) is 4.91 Å². The molecule has 1 heterocycles. The number of sulfonamides is 1. The summed E-state index contributed by atoms with van der Waals surface area (Å²) < 4.78 is 66.9. The first-order chi connectivity index (χ1) is 24.2. The molecule has 3 amide bonds. The van der Waals surface area contributed by atoms with Gasteiger partial charge in [0.15, 0.2) is 0 Å². The van der Waals surface area contributed by atoms with E-state index in [-0.39, 0.29) is 36.2 Å². The number of halogens is 3. The number of rotatable bonds is 13. The highest BCUT2D eigenvalue weighted by Crippen LogP contribution is 2.30. The fraction of sp³-hybridized carbons (Fsp3) is 0.216. The molecular weight excluding hydrogens is 685 g/mol. The Morgan fingerprint density at radius 1 is 0.824 bits per heavy atom. The Morgan fingerprint density at radius 3 is 2.04 bits per heavy atom. The fourth-order valence-electron chi connectivity index (χ4n) is 5.56. The summed E-state index contributed by atoms with van der Waals surface area (Å²) in [4.78, 5) is 38.9. The second kappa shape index (κ2) is 15.7. The van der Waals surface area contributed by atoms with Crippen molar-refractivity contribution in [1.29, 1.82) is 0 Å². The number of amides is 3. The molecule has 0 unspecified atom stereocenters. The van der Waals surface area contributed by atoms with Crippen LogP contribution in [0.2, 0.25) is 0 Å². The van der Waals surface area contributed by atoms with Crippen LogP contribution in [0.4, 0.5) is 13.2 Å².